The molecule has 0 bridgehead atoms. The number of aliphatic hydroxyl groups excluding tert-OH is 1. The van der Waals surface area contributed by atoms with Crippen molar-refractivity contribution in [2.45, 2.75) is 50.9 Å². The normalized spacial score (nSPS) is 31.6. The van der Waals surface area contributed by atoms with Crippen molar-refractivity contribution >= 4 is 0 Å². The maximum atomic E-state index is 9.27. The largest absolute Gasteiger partial charge is 0.393 e. The Morgan fingerprint density at radius 2 is 1.92 bits per heavy atom. The van der Waals surface area contributed by atoms with Gasteiger partial charge in [-0.25, -0.2) is 0 Å². The monoisotopic (exact) mass is 188 g/mol. The zero-order valence-corrected chi connectivity index (χ0v) is 8.53. The molecule has 13 heavy (non-hydrogen) atoms. The Morgan fingerprint density at radius 1 is 1.31 bits per heavy atom. The van der Waals surface area contributed by atoms with Crippen molar-refractivity contribution in [2.75, 3.05) is 13.7 Å². The van der Waals surface area contributed by atoms with Gasteiger partial charge in [-0.3, -0.25) is 0 Å². The Balaban J connectivity index is 2.08. The van der Waals surface area contributed by atoms with Crippen LogP contribution in [-0.4, -0.2) is 37.1 Å². The van der Waals surface area contributed by atoms with Crippen LogP contribution >= 0.6 is 0 Å². The smallest absolute Gasteiger partial charge is 0.0776 e. The second-order valence-corrected chi connectivity index (χ2v) is 3.81. The van der Waals surface area contributed by atoms with Gasteiger partial charge in [0.1, 0.15) is 0 Å². The molecule has 1 atom stereocenters. The molecule has 1 saturated carbocycles. The van der Waals surface area contributed by atoms with Crippen LogP contribution in [0, 0.1) is 0 Å². The fourth-order valence-corrected chi connectivity index (χ4v) is 1.55. The number of rotatable bonds is 4. The lowest BCUT2D eigenvalue weighted by Crippen LogP contribution is -2.27. The van der Waals surface area contributed by atoms with E-state index in [9.17, 15) is 5.11 Å². The zero-order valence-electron chi connectivity index (χ0n) is 8.53. The first kappa shape index (κ1) is 11.0. The Hall–Kier alpha value is -0.120. The average Bonchev–Trinajstić information content (AvgIpc) is 2.16. The minimum Gasteiger partial charge on any atom is -0.393 e. The first-order valence-electron chi connectivity index (χ1n) is 5.05. The summed E-state index contributed by atoms with van der Waals surface area (Å²) in [5.74, 6) is 0. The molecule has 0 spiro atoms. The van der Waals surface area contributed by atoms with E-state index < -0.39 is 0 Å². The van der Waals surface area contributed by atoms with Crippen LogP contribution in [0.25, 0.3) is 0 Å². The van der Waals surface area contributed by atoms with Crippen molar-refractivity contribution in [3.8, 4) is 0 Å². The molecule has 0 aromatic carbocycles. The topological polar surface area (TPSA) is 38.7 Å². The molecule has 0 aromatic heterocycles. The molecule has 3 nitrogen and oxygen atoms in total. The molecule has 0 aliphatic heterocycles. The van der Waals surface area contributed by atoms with Crippen LogP contribution in [0.4, 0.5) is 0 Å². The molecule has 0 radical (unpaired) electrons. The standard InChI is InChI=1S/C10H20O3/c1-8(12-2)7-13-10-5-3-9(11)4-6-10/h8-11H,3-7H2,1-2H3. The Bertz CT molecular complexity index is 130. The molecule has 3 heteroatoms. The zero-order chi connectivity index (χ0) is 9.68. The van der Waals surface area contributed by atoms with E-state index in [1.54, 1.807) is 7.11 Å². The minimum atomic E-state index is -0.0975. The van der Waals surface area contributed by atoms with E-state index in [2.05, 4.69) is 0 Å². The van der Waals surface area contributed by atoms with Gasteiger partial charge in [-0.05, 0) is 32.6 Å². The van der Waals surface area contributed by atoms with Gasteiger partial charge < -0.3 is 14.6 Å². The fraction of sp³-hybridized carbons (Fsp3) is 1.00. The third-order valence-electron chi connectivity index (χ3n) is 2.61. The average molecular weight is 188 g/mol. The van der Waals surface area contributed by atoms with Gasteiger partial charge in [0.15, 0.2) is 0 Å². The third-order valence-corrected chi connectivity index (χ3v) is 2.61. The van der Waals surface area contributed by atoms with Crippen LogP contribution in [0.1, 0.15) is 32.6 Å². The van der Waals surface area contributed by atoms with Gasteiger partial charge >= 0.3 is 0 Å². The summed E-state index contributed by atoms with van der Waals surface area (Å²) in [5.41, 5.74) is 0. The summed E-state index contributed by atoms with van der Waals surface area (Å²) in [4.78, 5) is 0. The van der Waals surface area contributed by atoms with Crippen LogP contribution in [0.15, 0.2) is 0 Å². The molecule has 1 aliphatic rings. The van der Waals surface area contributed by atoms with Crippen molar-refractivity contribution in [1.82, 2.24) is 0 Å². The predicted octanol–water partition coefficient (Wildman–Crippen LogP) is 1.34. The van der Waals surface area contributed by atoms with E-state index >= 15 is 0 Å². The number of ether oxygens (including phenoxy) is 2. The Kier molecular flexibility index (Phi) is 4.70. The highest BCUT2D eigenvalue weighted by atomic mass is 16.5. The quantitative estimate of drug-likeness (QED) is 0.723. The first-order chi connectivity index (χ1) is 6.22. The minimum absolute atomic E-state index is 0.0975. The Morgan fingerprint density at radius 3 is 2.46 bits per heavy atom. The van der Waals surface area contributed by atoms with Gasteiger partial charge in [0.05, 0.1) is 24.9 Å². The van der Waals surface area contributed by atoms with Gasteiger partial charge in [-0.2, -0.15) is 0 Å². The van der Waals surface area contributed by atoms with Gasteiger partial charge in [-0.15, -0.1) is 0 Å². The van der Waals surface area contributed by atoms with E-state index in [1.165, 1.54) is 0 Å². The molecule has 1 unspecified atom stereocenters. The highest BCUT2D eigenvalue weighted by Gasteiger charge is 2.20. The molecular formula is C10H20O3. The van der Waals surface area contributed by atoms with E-state index in [0.717, 1.165) is 25.7 Å². The fourth-order valence-electron chi connectivity index (χ4n) is 1.55. The summed E-state index contributed by atoms with van der Waals surface area (Å²) in [6.45, 7) is 2.66. The predicted molar refractivity (Wildman–Crippen MR) is 50.7 cm³/mol. The molecular weight excluding hydrogens is 168 g/mol. The molecule has 1 aliphatic carbocycles. The summed E-state index contributed by atoms with van der Waals surface area (Å²) in [6, 6.07) is 0. The van der Waals surface area contributed by atoms with Crippen molar-refractivity contribution in [3.63, 3.8) is 0 Å². The number of methoxy groups -OCH3 is 1. The van der Waals surface area contributed by atoms with Gasteiger partial charge in [0.2, 0.25) is 0 Å². The lowest BCUT2D eigenvalue weighted by Gasteiger charge is -2.26. The highest BCUT2D eigenvalue weighted by Crippen LogP contribution is 2.21. The molecule has 0 aromatic rings. The van der Waals surface area contributed by atoms with Crippen molar-refractivity contribution in [1.29, 1.82) is 0 Å². The van der Waals surface area contributed by atoms with Gasteiger partial charge in [-0.1, -0.05) is 0 Å². The third kappa shape index (κ3) is 4.07. The summed E-state index contributed by atoms with van der Waals surface area (Å²) in [5, 5.41) is 9.27. The molecule has 1 rings (SSSR count). The lowest BCUT2D eigenvalue weighted by molar-refractivity contribution is -0.0458. The highest BCUT2D eigenvalue weighted by molar-refractivity contribution is 4.71. The van der Waals surface area contributed by atoms with Crippen LogP contribution in [0.3, 0.4) is 0 Å². The summed E-state index contributed by atoms with van der Waals surface area (Å²) in [6.07, 6.45) is 4.14. The van der Waals surface area contributed by atoms with Gasteiger partial charge in [0, 0.05) is 7.11 Å². The number of aliphatic hydroxyl groups is 1. The maximum absolute atomic E-state index is 9.27. The number of hydrogen-bond donors (Lipinski definition) is 1. The second-order valence-electron chi connectivity index (χ2n) is 3.81. The molecule has 0 heterocycles. The van der Waals surface area contributed by atoms with Crippen LogP contribution in [0.5, 0.6) is 0 Å². The summed E-state index contributed by atoms with van der Waals surface area (Å²) >= 11 is 0. The Labute approximate surface area is 80.0 Å². The van der Waals surface area contributed by atoms with E-state index in [1.807, 2.05) is 6.92 Å². The van der Waals surface area contributed by atoms with Crippen LogP contribution < -0.4 is 0 Å². The molecule has 0 amide bonds. The van der Waals surface area contributed by atoms with E-state index in [-0.39, 0.29) is 12.2 Å². The van der Waals surface area contributed by atoms with E-state index in [4.69, 9.17) is 9.47 Å². The molecule has 78 valence electrons. The van der Waals surface area contributed by atoms with Crippen molar-refractivity contribution < 1.29 is 14.6 Å². The summed E-state index contributed by atoms with van der Waals surface area (Å²) in [7, 11) is 1.69. The van der Waals surface area contributed by atoms with Crippen molar-refractivity contribution in [2.24, 2.45) is 0 Å². The first-order valence-corrected chi connectivity index (χ1v) is 5.05. The second kappa shape index (κ2) is 5.58. The van der Waals surface area contributed by atoms with Crippen molar-refractivity contribution in [3.05, 3.63) is 0 Å². The molecule has 1 N–H and O–H groups in total. The van der Waals surface area contributed by atoms with Crippen LogP contribution in [0.2, 0.25) is 0 Å². The lowest BCUT2D eigenvalue weighted by atomic mass is 9.95. The molecule has 1 fully saturated rings. The van der Waals surface area contributed by atoms with E-state index in [0.29, 0.717) is 12.7 Å². The summed E-state index contributed by atoms with van der Waals surface area (Å²) < 4.78 is 10.7. The van der Waals surface area contributed by atoms with Crippen LogP contribution in [-0.2, 0) is 9.47 Å². The molecule has 0 saturated heterocycles. The number of hydrogen-bond acceptors (Lipinski definition) is 3. The maximum Gasteiger partial charge on any atom is 0.0776 e. The van der Waals surface area contributed by atoms with Gasteiger partial charge in [0.25, 0.3) is 0 Å². The SMILES string of the molecule is COC(C)COC1CCC(O)CC1.